The first-order chi connectivity index (χ1) is 9.60. The Bertz CT molecular complexity index is 351. The second-order valence-corrected chi connectivity index (χ2v) is 6.09. The molecule has 20 heavy (non-hydrogen) atoms. The zero-order valence-electron chi connectivity index (χ0n) is 12.7. The van der Waals surface area contributed by atoms with Crippen LogP contribution in [-0.4, -0.2) is 48.4 Å². The number of nitrogens with zero attached hydrogens (tertiary/aromatic N) is 1. The molecule has 2 rings (SSSR count). The molecule has 2 atom stereocenters. The van der Waals surface area contributed by atoms with Crippen molar-refractivity contribution in [2.24, 2.45) is 5.92 Å². The van der Waals surface area contributed by atoms with Crippen molar-refractivity contribution in [1.82, 2.24) is 15.5 Å². The molecule has 0 bridgehead atoms. The van der Waals surface area contributed by atoms with Crippen molar-refractivity contribution in [2.45, 2.75) is 58.0 Å². The molecule has 5 heteroatoms. The van der Waals surface area contributed by atoms with Gasteiger partial charge < -0.3 is 15.5 Å². The molecule has 5 nitrogen and oxygen atoms in total. The average Bonchev–Trinajstić information content (AvgIpc) is 2.47. The van der Waals surface area contributed by atoms with Crippen LogP contribution < -0.4 is 10.6 Å². The molecule has 0 aromatic carbocycles. The summed E-state index contributed by atoms with van der Waals surface area (Å²) < 4.78 is 0. The standard InChI is InChI=1S/C15H27N3O2/c1-3-12-4-7-16-14(10-12)15(20)17-13-5-8-18(9-6-13)11(2)19/h12-14,16H,3-10H2,1-2H3,(H,17,20). The average molecular weight is 281 g/mol. The van der Waals surface area contributed by atoms with Crippen molar-refractivity contribution < 1.29 is 9.59 Å². The lowest BCUT2D eigenvalue weighted by Crippen LogP contribution is -2.53. The highest BCUT2D eigenvalue weighted by Crippen LogP contribution is 2.20. The van der Waals surface area contributed by atoms with Crippen LogP contribution in [0.25, 0.3) is 0 Å². The topological polar surface area (TPSA) is 61.4 Å². The maximum atomic E-state index is 12.3. The summed E-state index contributed by atoms with van der Waals surface area (Å²) in [6.07, 6.45) is 5.03. The van der Waals surface area contributed by atoms with E-state index in [1.807, 2.05) is 4.90 Å². The fraction of sp³-hybridized carbons (Fsp3) is 0.867. The van der Waals surface area contributed by atoms with Crippen LogP contribution in [0.4, 0.5) is 0 Å². The second kappa shape index (κ2) is 7.07. The Balaban J connectivity index is 1.76. The molecule has 2 amide bonds. The van der Waals surface area contributed by atoms with Gasteiger partial charge in [-0.1, -0.05) is 13.3 Å². The van der Waals surface area contributed by atoms with E-state index in [1.54, 1.807) is 6.92 Å². The molecule has 2 fully saturated rings. The number of likely N-dealkylation sites (tertiary alicyclic amines) is 1. The number of hydrogen-bond acceptors (Lipinski definition) is 3. The van der Waals surface area contributed by atoms with E-state index in [0.29, 0.717) is 5.92 Å². The van der Waals surface area contributed by atoms with Crippen LogP contribution in [0.5, 0.6) is 0 Å². The van der Waals surface area contributed by atoms with Crippen molar-refractivity contribution in [3.8, 4) is 0 Å². The normalized spacial score (nSPS) is 28.2. The monoisotopic (exact) mass is 281 g/mol. The molecule has 0 radical (unpaired) electrons. The van der Waals surface area contributed by atoms with E-state index in [4.69, 9.17) is 0 Å². The molecule has 0 aliphatic carbocycles. The largest absolute Gasteiger partial charge is 0.352 e. The summed E-state index contributed by atoms with van der Waals surface area (Å²) in [7, 11) is 0. The fourth-order valence-corrected chi connectivity index (χ4v) is 3.21. The lowest BCUT2D eigenvalue weighted by molar-refractivity contribution is -0.130. The Hall–Kier alpha value is -1.10. The minimum Gasteiger partial charge on any atom is -0.352 e. The number of carbonyl (C=O) groups excluding carboxylic acids is 2. The highest BCUT2D eigenvalue weighted by Gasteiger charge is 2.28. The van der Waals surface area contributed by atoms with E-state index in [2.05, 4.69) is 17.6 Å². The van der Waals surface area contributed by atoms with Gasteiger partial charge in [0.25, 0.3) is 0 Å². The molecule has 0 saturated carbocycles. The number of rotatable bonds is 3. The lowest BCUT2D eigenvalue weighted by Gasteiger charge is -2.34. The van der Waals surface area contributed by atoms with Crippen LogP contribution in [0.3, 0.4) is 0 Å². The first kappa shape index (κ1) is 15.3. The van der Waals surface area contributed by atoms with Gasteiger partial charge in [-0.15, -0.1) is 0 Å². The minimum atomic E-state index is -0.0282. The van der Waals surface area contributed by atoms with Gasteiger partial charge in [0.1, 0.15) is 0 Å². The van der Waals surface area contributed by atoms with Gasteiger partial charge in [-0.2, -0.15) is 0 Å². The third-order valence-corrected chi connectivity index (χ3v) is 4.69. The molecule has 2 saturated heterocycles. The van der Waals surface area contributed by atoms with Crippen LogP contribution in [0.15, 0.2) is 0 Å². The van der Waals surface area contributed by atoms with Crippen molar-refractivity contribution in [1.29, 1.82) is 0 Å². The van der Waals surface area contributed by atoms with Gasteiger partial charge in [0.15, 0.2) is 0 Å². The predicted molar refractivity (Wildman–Crippen MR) is 78.2 cm³/mol. The van der Waals surface area contributed by atoms with Crippen LogP contribution in [0.1, 0.15) is 46.0 Å². The molecule has 2 heterocycles. The Labute approximate surface area is 121 Å². The van der Waals surface area contributed by atoms with Gasteiger partial charge in [0, 0.05) is 26.1 Å². The molecule has 0 spiro atoms. The summed E-state index contributed by atoms with van der Waals surface area (Å²) in [5.74, 6) is 0.950. The van der Waals surface area contributed by atoms with Crippen LogP contribution in [0.2, 0.25) is 0 Å². The van der Waals surface area contributed by atoms with Crippen LogP contribution >= 0.6 is 0 Å². The van der Waals surface area contributed by atoms with Crippen LogP contribution in [0, 0.1) is 5.92 Å². The van der Waals surface area contributed by atoms with Gasteiger partial charge in [-0.05, 0) is 38.1 Å². The van der Waals surface area contributed by atoms with E-state index < -0.39 is 0 Å². The zero-order chi connectivity index (χ0) is 14.5. The highest BCUT2D eigenvalue weighted by molar-refractivity contribution is 5.82. The SMILES string of the molecule is CCC1CCNC(C(=O)NC2CCN(C(C)=O)CC2)C1. The maximum absolute atomic E-state index is 12.3. The second-order valence-electron chi connectivity index (χ2n) is 6.09. The minimum absolute atomic E-state index is 0.0282. The van der Waals surface area contributed by atoms with Crippen molar-refractivity contribution >= 4 is 11.8 Å². The Morgan fingerprint density at radius 2 is 1.95 bits per heavy atom. The number of amides is 2. The summed E-state index contributed by atoms with van der Waals surface area (Å²) >= 11 is 0. The van der Waals surface area contributed by atoms with E-state index in [-0.39, 0.29) is 23.9 Å². The van der Waals surface area contributed by atoms with Crippen molar-refractivity contribution in [3.05, 3.63) is 0 Å². The lowest BCUT2D eigenvalue weighted by atomic mass is 9.90. The number of piperidine rings is 2. The number of hydrogen-bond donors (Lipinski definition) is 2. The van der Waals surface area contributed by atoms with Gasteiger partial charge in [-0.25, -0.2) is 0 Å². The van der Waals surface area contributed by atoms with E-state index in [0.717, 1.165) is 45.3 Å². The first-order valence-electron chi connectivity index (χ1n) is 7.89. The molecule has 2 N–H and O–H groups in total. The van der Waals surface area contributed by atoms with Gasteiger partial charge in [0.05, 0.1) is 6.04 Å². The first-order valence-corrected chi connectivity index (χ1v) is 7.89. The smallest absolute Gasteiger partial charge is 0.237 e. The fourth-order valence-electron chi connectivity index (χ4n) is 3.21. The summed E-state index contributed by atoms with van der Waals surface area (Å²) in [6.45, 7) is 6.27. The van der Waals surface area contributed by atoms with E-state index in [1.165, 1.54) is 6.42 Å². The summed E-state index contributed by atoms with van der Waals surface area (Å²) in [6, 6.07) is 0.196. The number of carbonyl (C=O) groups is 2. The summed E-state index contributed by atoms with van der Waals surface area (Å²) in [5, 5.41) is 6.48. The van der Waals surface area contributed by atoms with E-state index in [9.17, 15) is 9.59 Å². The molecule has 2 aliphatic heterocycles. The van der Waals surface area contributed by atoms with Crippen LogP contribution in [-0.2, 0) is 9.59 Å². The van der Waals surface area contributed by atoms with Gasteiger partial charge in [-0.3, -0.25) is 9.59 Å². The Morgan fingerprint density at radius 1 is 1.25 bits per heavy atom. The maximum Gasteiger partial charge on any atom is 0.237 e. The third kappa shape index (κ3) is 3.95. The molecule has 0 aromatic rings. The van der Waals surface area contributed by atoms with Crippen molar-refractivity contribution in [3.63, 3.8) is 0 Å². The zero-order valence-corrected chi connectivity index (χ0v) is 12.7. The quantitative estimate of drug-likeness (QED) is 0.808. The molecule has 114 valence electrons. The highest BCUT2D eigenvalue weighted by atomic mass is 16.2. The molecule has 2 unspecified atom stereocenters. The number of nitrogens with one attached hydrogen (secondary N) is 2. The van der Waals surface area contributed by atoms with Crippen molar-refractivity contribution in [2.75, 3.05) is 19.6 Å². The molecule has 2 aliphatic rings. The predicted octanol–water partition coefficient (Wildman–Crippen LogP) is 0.892. The third-order valence-electron chi connectivity index (χ3n) is 4.69. The van der Waals surface area contributed by atoms with E-state index >= 15 is 0 Å². The summed E-state index contributed by atoms with van der Waals surface area (Å²) in [4.78, 5) is 25.4. The Kier molecular flexibility index (Phi) is 5.40. The summed E-state index contributed by atoms with van der Waals surface area (Å²) in [5.41, 5.74) is 0. The molecular weight excluding hydrogens is 254 g/mol. The van der Waals surface area contributed by atoms with Gasteiger partial charge in [0.2, 0.25) is 11.8 Å². The molecule has 0 aromatic heterocycles. The van der Waals surface area contributed by atoms with Gasteiger partial charge >= 0.3 is 0 Å². The molecular formula is C15H27N3O2. The Morgan fingerprint density at radius 3 is 2.55 bits per heavy atom.